The highest BCUT2D eigenvalue weighted by Gasteiger charge is 2.34. The largest absolute Gasteiger partial charge is 0.389 e. The van der Waals surface area contributed by atoms with E-state index in [9.17, 15) is 5.11 Å². The SMILES string of the molecule is CCn1c(CC2(O)CCCC(C)C2)nc2ccccc21. The number of rotatable bonds is 3. The maximum Gasteiger partial charge on any atom is 0.112 e. The fraction of sp³-hybridized carbons (Fsp3) is 0.588. The van der Waals surface area contributed by atoms with Gasteiger partial charge >= 0.3 is 0 Å². The Morgan fingerprint density at radius 2 is 2.20 bits per heavy atom. The van der Waals surface area contributed by atoms with E-state index < -0.39 is 5.60 Å². The third kappa shape index (κ3) is 2.47. The molecule has 3 heteroatoms. The van der Waals surface area contributed by atoms with Gasteiger partial charge in [-0.25, -0.2) is 4.98 Å². The average molecular weight is 272 g/mol. The number of imidazole rings is 1. The Balaban J connectivity index is 1.94. The lowest BCUT2D eigenvalue weighted by molar-refractivity contribution is -0.0144. The third-order valence-electron chi connectivity index (χ3n) is 4.60. The van der Waals surface area contributed by atoms with Crippen molar-refractivity contribution in [2.75, 3.05) is 0 Å². The quantitative estimate of drug-likeness (QED) is 0.928. The van der Waals surface area contributed by atoms with E-state index >= 15 is 0 Å². The zero-order chi connectivity index (χ0) is 14.2. The first kappa shape index (κ1) is 13.6. The van der Waals surface area contributed by atoms with Gasteiger partial charge in [-0.1, -0.05) is 31.9 Å². The number of para-hydroxylation sites is 2. The Morgan fingerprint density at radius 3 is 2.95 bits per heavy atom. The predicted molar refractivity (Wildman–Crippen MR) is 81.7 cm³/mol. The summed E-state index contributed by atoms with van der Waals surface area (Å²) in [4.78, 5) is 4.75. The normalized spacial score (nSPS) is 27.1. The van der Waals surface area contributed by atoms with Crippen LogP contribution >= 0.6 is 0 Å². The van der Waals surface area contributed by atoms with Gasteiger partial charge < -0.3 is 9.67 Å². The summed E-state index contributed by atoms with van der Waals surface area (Å²) < 4.78 is 2.24. The summed E-state index contributed by atoms with van der Waals surface area (Å²) in [6.07, 6.45) is 4.86. The summed E-state index contributed by atoms with van der Waals surface area (Å²) >= 11 is 0. The van der Waals surface area contributed by atoms with Gasteiger partial charge in [0.1, 0.15) is 5.82 Å². The van der Waals surface area contributed by atoms with Crippen LogP contribution < -0.4 is 0 Å². The van der Waals surface area contributed by atoms with Gasteiger partial charge in [0.25, 0.3) is 0 Å². The van der Waals surface area contributed by atoms with E-state index in [1.165, 1.54) is 11.9 Å². The molecule has 1 saturated carbocycles. The molecule has 3 rings (SSSR count). The lowest BCUT2D eigenvalue weighted by Gasteiger charge is -2.35. The molecule has 108 valence electrons. The van der Waals surface area contributed by atoms with Crippen LogP contribution in [0.15, 0.2) is 24.3 Å². The van der Waals surface area contributed by atoms with Crippen LogP contribution in [-0.4, -0.2) is 20.3 Å². The Morgan fingerprint density at radius 1 is 1.40 bits per heavy atom. The van der Waals surface area contributed by atoms with Crippen LogP contribution in [0.1, 0.15) is 45.4 Å². The molecule has 1 aromatic heterocycles. The number of aryl methyl sites for hydroxylation is 1. The first-order valence-electron chi connectivity index (χ1n) is 7.78. The van der Waals surface area contributed by atoms with Crippen molar-refractivity contribution in [1.29, 1.82) is 0 Å². The summed E-state index contributed by atoms with van der Waals surface area (Å²) in [5.41, 5.74) is 1.65. The van der Waals surface area contributed by atoms with E-state index in [2.05, 4.69) is 36.6 Å². The second-order valence-electron chi connectivity index (χ2n) is 6.36. The molecule has 1 aromatic carbocycles. The lowest BCUT2D eigenvalue weighted by Crippen LogP contribution is -2.37. The van der Waals surface area contributed by atoms with Crippen molar-refractivity contribution in [2.24, 2.45) is 5.92 Å². The molecule has 1 aliphatic rings. The van der Waals surface area contributed by atoms with Crippen molar-refractivity contribution in [3.63, 3.8) is 0 Å². The second kappa shape index (κ2) is 5.21. The fourth-order valence-electron chi connectivity index (χ4n) is 3.70. The van der Waals surface area contributed by atoms with Crippen LogP contribution in [0.4, 0.5) is 0 Å². The molecule has 20 heavy (non-hydrogen) atoms. The van der Waals surface area contributed by atoms with Crippen molar-refractivity contribution >= 4 is 11.0 Å². The number of hydrogen-bond donors (Lipinski definition) is 1. The molecule has 3 nitrogen and oxygen atoms in total. The molecular weight excluding hydrogens is 248 g/mol. The molecule has 0 aliphatic heterocycles. The highest BCUT2D eigenvalue weighted by molar-refractivity contribution is 5.75. The van der Waals surface area contributed by atoms with Gasteiger partial charge in [-0.05, 0) is 37.8 Å². The van der Waals surface area contributed by atoms with Gasteiger partial charge in [0.2, 0.25) is 0 Å². The van der Waals surface area contributed by atoms with Gasteiger partial charge in [0.05, 0.1) is 16.6 Å². The number of nitrogens with zero attached hydrogens (tertiary/aromatic N) is 2. The zero-order valence-electron chi connectivity index (χ0n) is 12.5. The molecule has 0 radical (unpaired) electrons. The lowest BCUT2D eigenvalue weighted by atomic mass is 9.77. The zero-order valence-corrected chi connectivity index (χ0v) is 12.5. The summed E-state index contributed by atoms with van der Waals surface area (Å²) in [6, 6.07) is 8.25. The Bertz CT molecular complexity index is 604. The van der Waals surface area contributed by atoms with Crippen LogP contribution in [0.2, 0.25) is 0 Å². The third-order valence-corrected chi connectivity index (χ3v) is 4.60. The molecule has 0 bridgehead atoms. The summed E-state index contributed by atoms with van der Waals surface area (Å²) in [5, 5.41) is 10.9. The molecule has 2 atom stereocenters. The van der Waals surface area contributed by atoms with Crippen molar-refractivity contribution in [2.45, 2.75) is 58.1 Å². The van der Waals surface area contributed by atoms with Crippen molar-refractivity contribution in [1.82, 2.24) is 9.55 Å². The van der Waals surface area contributed by atoms with E-state index in [1.807, 2.05) is 6.07 Å². The molecule has 0 spiro atoms. The number of aromatic nitrogens is 2. The Labute approximate surface area is 120 Å². The standard InChI is InChI=1S/C17H24N2O/c1-3-19-15-9-5-4-8-14(15)18-16(19)12-17(20)10-6-7-13(2)11-17/h4-5,8-9,13,20H,3,6-7,10-12H2,1-2H3. The van der Waals surface area contributed by atoms with E-state index in [0.29, 0.717) is 12.3 Å². The molecule has 1 fully saturated rings. The first-order valence-corrected chi connectivity index (χ1v) is 7.78. The number of benzene rings is 1. The maximum absolute atomic E-state index is 10.9. The van der Waals surface area contributed by atoms with Crippen LogP contribution in [0, 0.1) is 5.92 Å². The van der Waals surface area contributed by atoms with E-state index in [4.69, 9.17) is 4.98 Å². The van der Waals surface area contributed by atoms with Gasteiger partial charge in [-0.15, -0.1) is 0 Å². The fourth-order valence-corrected chi connectivity index (χ4v) is 3.70. The van der Waals surface area contributed by atoms with Gasteiger partial charge in [0, 0.05) is 13.0 Å². The Hall–Kier alpha value is -1.35. The predicted octanol–water partition coefficient (Wildman–Crippen LogP) is 3.54. The summed E-state index contributed by atoms with van der Waals surface area (Å²) in [7, 11) is 0. The summed E-state index contributed by atoms with van der Waals surface area (Å²) in [6.45, 7) is 5.29. The van der Waals surface area contributed by atoms with Crippen LogP contribution in [0.5, 0.6) is 0 Å². The maximum atomic E-state index is 10.9. The molecule has 0 amide bonds. The summed E-state index contributed by atoms with van der Waals surface area (Å²) in [5.74, 6) is 1.65. The van der Waals surface area contributed by atoms with Crippen LogP contribution in [-0.2, 0) is 13.0 Å². The molecule has 1 N–H and O–H groups in total. The minimum absolute atomic E-state index is 0.564. The molecule has 1 heterocycles. The van der Waals surface area contributed by atoms with Crippen molar-refractivity contribution < 1.29 is 5.11 Å². The highest BCUT2D eigenvalue weighted by Crippen LogP contribution is 2.35. The van der Waals surface area contributed by atoms with E-state index in [0.717, 1.165) is 37.1 Å². The van der Waals surface area contributed by atoms with Gasteiger partial charge in [0.15, 0.2) is 0 Å². The number of fused-ring (bicyclic) bond motifs is 1. The molecule has 0 saturated heterocycles. The molecular formula is C17H24N2O. The number of hydrogen-bond acceptors (Lipinski definition) is 2. The van der Waals surface area contributed by atoms with Crippen LogP contribution in [0.25, 0.3) is 11.0 Å². The minimum Gasteiger partial charge on any atom is -0.389 e. The second-order valence-corrected chi connectivity index (χ2v) is 6.36. The average Bonchev–Trinajstić information content (AvgIpc) is 2.74. The molecule has 2 unspecified atom stereocenters. The van der Waals surface area contributed by atoms with Gasteiger partial charge in [-0.2, -0.15) is 0 Å². The monoisotopic (exact) mass is 272 g/mol. The van der Waals surface area contributed by atoms with Crippen LogP contribution in [0.3, 0.4) is 0 Å². The first-order chi connectivity index (χ1) is 9.61. The van der Waals surface area contributed by atoms with E-state index in [1.54, 1.807) is 0 Å². The highest BCUT2D eigenvalue weighted by atomic mass is 16.3. The van der Waals surface area contributed by atoms with Gasteiger partial charge in [-0.3, -0.25) is 0 Å². The van der Waals surface area contributed by atoms with E-state index in [-0.39, 0.29) is 0 Å². The van der Waals surface area contributed by atoms with Crippen molar-refractivity contribution in [3.05, 3.63) is 30.1 Å². The minimum atomic E-state index is -0.564. The molecule has 1 aliphatic carbocycles. The number of aliphatic hydroxyl groups is 1. The Kier molecular flexibility index (Phi) is 3.55. The smallest absolute Gasteiger partial charge is 0.112 e. The van der Waals surface area contributed by atoms with Crippen molar-refractivity contribution in [3.8, 4) is 0 Å². The topological polar surface area (TPSA) is 38.0 Å². The molecule has 2 aromatic rings.